The monoisotopic (exact) mass is 383 g/mol. The molecule has 8 nitrogen and oxygen atoms in total. The van der Waals surface area contributed by atoms with Crippen LogP contribution in [0.5, 0.6) is 0 Å². The van der Waals surface area contributed by atoms with Crippen LogP contribution in [0, 0.1) is 0 Å². The third-order valence-corrected chi connectivity index (χ3v) is 4.53. The summed E-state index contributed by atoms with van der Waals surface area (Å²) in [4.78, 5) is 23.3. The minimum atomic E-state index is -0.892. The predicted octanol–water partition coefficient (Wildman–Crippen LogP) is 2.62. The van der Waals surface area contributed by atoms with Crippen molar-refractivity contribution in [3.05, 3.63) is 58.1 Å². The number of carboxylic acid groups (broad SMARTS) is 1. The summed E-state index contributed by atoms with van der Waals surface area (Å²) in [6, 6.07) is 9.03. The van der Waals surface area contributed by atoms with Crippen molar-refractivity contribution < 1.29 is 9.90 Å². The molecule has 0 fully saturated rings. The van der Waals surface area contributed by atoms with Gasteiger partial charge in [0, 0.05) is 29.7 Å². The van der Waals surface area contributed by atoms with Gasteiger partial charge in [-0.3, -0.25) is 9.59 Å². The summed E-state index contributed by atoms with van der Waals surface area (Å²) in [6.45, 7) is 0.302. The summed E-state index contributed by atoms with van der Waals surface area (Å²) in [5.74, 6) is -0.892. The Bertz CT molecular complexity index is 1210. The molecule has 0 aliphatic carbocycles. The number of carbonyl (C=O) groups is 1. The molecule has 4 aromatic rings. The van der Waals surface area contributed by atoms with Crippen molar-refractivity contribution in [1.82, 2.24) is 24.4 Å². The molecule has 27 heavy (non-hydrogen) atoms. The van der Waals surface area contributed by atoms with Crippen molar-refractivity contribution in [2.45, 2.75) is 19.4 Å². The summed E-state index contributed by atoms with van der Waals surface area (Å²) in [5, 5.41) is 22.0. The first-order chi connectivity index (χ1) is 13.0. The standard InChI is InChI=1S/C18H14ClN5O3/c19-12-5-3-11(4-6-12)13-10-20-24-14-7-9-23(8-1-2-15(25)26)18(27)16(14)21-22-17(13)24/h3-7,9-10H,1-2,8H2,(H,25,26). The van der Waals surface area contributed by atoms with Gasteiger partial charge < -0.3 is 9.67 Å². The van der Waals surface area contributed by atoms with Crippen molar-refractivity contribution in [2.24, 2.45) is 0 Å². The van der Waals surface area contributed by atoms with Crippen LogP contribution in [0.2, 0.25) is 5.02 Å². The number of hydrogen-bond acceptors (Lipinski definition) is 5. The predicted molar refractivity (Wildman–Crippen MR) is 99.9 cm³/mol. The van der Waals surface area contributed by atoms with Crippen LogP contribution in [0.4, 0.5) is 0 Å². The van der Waals surface area contributed by atoms with Gasteiger partial charge in [-0.2, -0.15) is 5.10 Å². The van der Waals surface area contributed by atoms with Crippen LogP contribution in [0.15, 0.2) is 47.5 Å². The van der Waals surface area contributed by atoms with E-state index in [9.17, 15) is 9.59 Å². The Morgan fingerprint density at radius 2 is 1.93 bits per heavy atom. The lowest BCUT2D eigenvalue weighted by atomic mass is 10.1. The molecule has 0 aliphatic heterocycles. The molecule has 1 aromatic carbocycles. The molecule has 0 aliphatic rings. The summed E-state index contributed by atoms with van der Waals surface area (Å²) in [5.41, 5.74) is 2.62. The van der Waals surface area contributed by atoms with Crippen LogP contribution in [0.3, 0.4) is 0 Å². The molecule has 9 heteroatoms. The van der Waals surface area contributed by atoms with Gasteiger partial charge in [0.25, 0.3) is 5.56 Å². The van der Waals surface area contributed by atoms with Gasteiger partial charge in [0.15, 0.2) is 11.2 Å². The molecule has 0 amide bonds. The Kier molecular flexibility index (Phi) is 4.33. The van der Waals surface area contributed by atoms with E-state index in [0.29, 0.717) is 29.2 Å². The van der Waals surface area contributed by atoms with Gasteiger partial charge in [-0.15, -0.1) is 10.2 Å². The van der Waals surface area contributed by atoms with Crippen LogP contribution >= 0.6 is 11.6 Å². The van der Waals surface area contributed by atoms with E-state index in [-0.39, 0.29) is 17.5 Å². The molecule has 3 aromatic heterocycles. The number of nitrogens with zero attached hydrogens (tertiary/aromatic N) is 5. The first-order valence-corrected chi connectivity index (χ1v) is 8.64. The fourth-order valence-electron chi connectivity index (χ4n) is 2.94. The summed E-state index contributed by atoms with van der Waals surface area (Å²) >= 11 is 5.94. The fourth-order valence-corrected chi connectivity index (χ4v) is 3.07. The van der Waals surface area contributed by atoms with E-state index in [1.165, 1.54) is 4.57 Å². The zero-order valence-corrected chi connectivity index (χ0v) is 14.8. The van der Waals surface area contributed by atoms with Crippen molar-refractivity contribution in [1.29, 1.82) is 0 Å². The van der Waals surface area contributed by atoms with E-state index in [1.54, 1.807) is 35.1 Å². The Morgan fingerprint density at radius 3 is 2.67 bits per heavy atom. The number of benzene rings is 1. The average Bonchev–Trinajstić information content (AvgIpc) is 3.08. The minimum absolute atomic E-state index is 0.00119. The van der Waals surface area contributed by atoms with E-state index in [1.807, 2.05) is 12.1 Å². The number of halogens is 1. The van der Waals surface area contributed by atoms with E-state index in [4.69, 9.17) is 16.7 Å². The fraction of sp³-hybridized carbons (Fsp3) is 0.167. The number of hydrogen-bond donors (Lipinski definition) is 1. The molecule has 0 spiro atoms. The second-order valence-electron chi connectivity index (χ2n) is 6.05. The summed E-state index contributed by atoms with van der Waals surface area (Å²) in [7, 11) is 0. The van der Waals surface area contributed by atoms with Crippen LogP contribution in [0.1, 0.15) is 12.8 Å². The van der Waals surface area contributed by atoms with Gasteiger partial charge in [0.2, 0.25) is 0 Å². The number of fused-ring (bicyclic) bond motifs is 3. The first-order valence-electron chi connectivity index (χ1n) is 8.26. The molecular weight excluding hydrogens is 370 g/mol. The first kappa shape index (κ1) is 17.2. The van der Waals surface area contributed by atoms with Crippen LogP contribution in [-0.2, 0) is 11.3 Å². The van der Waals surface area contributed by atoms with Crippen LogP contribution in [-0.4, -0.2) is 35.5 Å². The Labute approximate surface area is 157 Å². The number of pyridine rings is 1. The number of rotatable bonds is 5. The van der Waals surface area contributed by atoms with Gasteiger partial charge in [-0.1, -0.05) is 23.7 Å². The van der Waals surface area contributed by atoms with Crippen molar-refractivity contribution in [3.63, 3.8) is 0 Å². The van der Waals surface area contributed by atoms with Gasteiger partial charge in [0.1, 0.15) is 5.52 Å². The zero-order valence-electron chi connectivity index (χ0n) is 14.0. The van der Waals surface area contributed by atoms with Gasteiger partial charge >= 0.3 is 5.97 Å². The quantitative estimate of drug-likeness (QED) is 0.568. The average molecular weight is 384 g/mol. The SMILES string of the molecule is O=C(O)CCCn1ccc2c(nnc3c(-c4ccc(Cl)cc4)cnn32)c1=O. The van der Waals surface area contributed by atoms with Crippen molar-refractivity contribution >= 4 is 34.3 Å². The van der Waals surface area contributed by atoms with E-state index in [0.717, 1.165) is 11.1 Å². The maximum Gasteiger partial charge on any atom is 0.303 e. The molecule has 0 saturated carbocycles. The number of aryl methyl sites for hydroxylation is 1. The number of aliphatic carboxylic acids is 1. The second kappa shape index (κ2) is 6.81. The lowest BCUT2D eigenvalue weighted by Gasteiger charge is -2.06. The van der Waals surface area contributed by atoms with Crippen LogP contribution < -0.4 is 5.56 Å². The molecule has 0 bridgehead atoms. The number of aromatic nitrogens is 5. The Hall–Kier alpha value is -3.26. The molecule has 0 radical (unpaired) electrons. The Balaban J connectivity index is 1.78. The van der Waals surface area contributed by atoms with Gasteiger partial charge in [-0.05, 0) is 30.2 Å². The molecule has 1 N–H and O–H groups in total. The maximum absolute atomic E-state index is 12.6. The van der Waals surface area contributed by atoms with E-state index < -0.39 is 5.97 Å². The largest absolute Gasteiger partial charge is 0.481 e. The highest BCUT2D eigenvalue weighted by Gasteiger charge is 2.14. The molecular formula is C18H14ClN5O3. The molecule has 3 heterocycles. The third-order valence-electron chi connectivity index (χ3n) is 4.28. The second-order valence-corrected chi connectivity index (χ2v) is 6.48. The highest BCUT2D eigenvalue weighted by molar-refractivity contribution is 6.30. The zero-order chi connectivity index (χ0) is 19.0. The van der Waals surface area contributed by atoms with E-state index >= 15 is 0 Å². The highest BCUT2D eigenvalue weighted by atomic mass is 35.5. The Morgan fingerprint density at radius 1 is 1.15 bits per heavy atom. The summed E-state index contributed by atoms with van der Waals surface area (Å²) < 4.78 is 3.02. The van der Waals surface area contributed by atoms with Gasteiger partial charge in [0.05, 0.1) is 6.20 Å². The van der Waals surface area contributed by atoms with Crippen molar-refractivity contribution in [3.8, 4) is 11.1 Å². The minimum Gasteiger partial charge on any atom is -0.481 e. The summed E-state index contributed by atoms with van der Waals surface area (Å²) in [6.07, 6.45) is 3.65. The number of carboxylic acids is 1. The molecule has 136 valence electrons. The lowest BCUT2D eigenvalue weighted by molar-refractivity contribution is -0.137. The lowest BCUT2D eigenvalue weighted by Crippen LogP contribution is -2.22. The van der Waals surface area contributed by atoms with E-state index in [2.05, 4.69) is 15.3 Å². The third kappa shape index (κ3) is 3.15. The maximum atomic E-state index is 12.6. The molecule has 0 saturated heterocycles. The van der Waals surface area contributed by atoms with Crippen LogP contribution in [0.25, 0.3) is 27.8 Å². The molecule has 0 unspecified atom stereocenters. The highest BCUT2D eigenvalue weighted by Crippen LogP contribution is 2.25. The smallest absolute Gasteiger partial charge is 0.303 e. The molecule has 0 atom stereocenters. The van der Waals surface area contributed by atoms with Gasteiger partial charge in [-0.25, -0.2) is 4.52 Å². The normalized spacial score (nSPS) is 11.3. The van der Waals surface area contributed by atoms with Crippen molar-refractivity contribution in [2.75, 3.05) is 0 Å². The topological polar surface area (TPSA) is 102 Å². The molecule has 4 rings (SSSR count).